The SMILES string of the molecule is CC(C)CN(CC(N)=O)C(=O)CN1CC(=O)Nc2ccccc2C1=O. The number of benzene rings is 1. The van der Waals surface area contributed by atoms with Crippen molar-refractivity contribution < 1.29 is 19.2 Å². The van der Waals surface area contributed by atoms with Gasteiger partial charge in [0.1, 0.15) is 13.1 Å². The lowest BCUT2D eigenvalue weighted by molar-refractivity contribution is -0.136. The minimum absolute atomic E-state index is 0.132. The van der Waals surface area contributed by atoms with Crippen molar-refractivity contribution in [1.29, 1.82) is 0 Å². The van der Waals surface area contributed by atoms with Crippen LogP contribution in [0.4, 0.5) is 5.69 Å². The molecule has 0 saturated carbocycles. The number of fused-ring (bicyclic) bond motifs is 1. The summed E-state index contributed by atoms with van der Waals surface area (Å²) in [6, 6.07) is 6.63. The average Bonchev–Trinajstić information content (AvgIpc) is 2.63. The quantitative estimate of drug-likeness (QED) is 0.758. The maximum absolute atomic E-state index is 12.7. The fraction of sp³-hybridized carbons (Fsp3) is 0.412. The van der Waals surface area contributed by atoms with Crippen LogP contribution in [0.25, 0.3) is 0 Å². The third-order valence-electron chi connectivity index (χ3n) is 3.66. The van der Waals surface area contributed by atoms with E-state index in [0.717, 1.165) is 0 Å². The fourth-order valence-electron chi connectivity index (χ4n) is 2.66. The van der Waals surface area contributed by atoms with Gasteiger partial charge < -0.3 is 20.9 Å². The van der Waals surface area contributed by atoms with Gasteiger partial charge in [0.2, 0.25) is 17.7 Å². The summed E-state index contributed by atoms with van der Waals surface area (Å²) in [7, 11) is 0. The van der Waals surface area contributed by atoms with Crippen LogP contribution in [0.15, 0.2) is 24.3 Å². The highest BCUT2D eigenvalue weighted by Crippen LogP contribution is 2.20. The molecule has 0 aliphatic carbocycles. The van der Waals surface area contributed by atoms with Crippen LogP contribution in [-0.4, -0.2) is 59.6 Å². The number of carbonyl (C=O) groups excluding carboxylic acids is 4. The predicted molar refractivity (Wildman–Crippen MR) is 91.6 cm³/mol. The van der Waals surface area contributed by atoms with Crippen molar-refractivity contribution in [2.45, 2.75) is 13.8 Å². The molecule has 0 bridgehead atoms. The summed E-state index contributed by atoms with van der Waals surface area (Å²) in [5.74, 6) is -1.71. The van der Waals surface area contributed by atoms with E-state index in [1.54, 1.807) is 24.3 Å². The first kappa shape index (κ1) is 18.4. The molecule has 1 aliphatic heterocycles. The zero-order valence-corrected chi connectivity index (χ0v) is 14.3. The third-order valence-corrected chi connectivity index (χ3v) is 3.66. The summed E-state index contributed by atoms with van der Waals surface area (Å²) < 4.78 is 0. The minimum atomic E-state index is -0.626. The Labute approximate surface area is 145 Å². The van der Waals surface area contributed by atoms with Gasteiger partial charge in [0.05, 0.1) is 17.8 Å². The van der Waals surface area contributed by atoms with Gasteiger partial charge in [-0.15, -0.1) is 0 Å². The van der Waals surface area contributed by atoms with Crippen LogP contribution in [0.5, 0.6) is 0 Å². The number of amides is 4. The lowest BCUT2D eigenvalue weighted by atomic mass is 10.1. The van der Waals surface area contributed by atoms with E-state index < -0.39 is 17.7 Å². The Morgan fingerprint density at radius 1 is 1.28 bits per heavy atom. The van der Waals surface area contributed by atoms with Crippen molar-refractivity contribution in [3.8, 4) is 0 Å². The van der Waals surface area contributed by atoms with E-state index in [1.165, 1.54) is 9.80 Å². The van der Waals surface area contributed by atoms with Gasteiger partial charge in [-0.25, -0.2) is 0 Å². The lowest BCUT2D eigenvalue weighted by Crippen LogP contribution is -2.47. The number of para-hydroxylation sites is 1. The monoisotopic (exact) mass is 346 g/mol. The van der Waals surface area contributed by atoms with E-state index in [0.29, 0.717) is 17.8 Å². The molecule has 1 aromatic carbocycles. The summed E-state index contributed by atoms with van der Waals surface area (Å²) in [5, 5.41) is 2.65. The molecule has 8 heteroatoms. The standard InChI is InChI=1S/C17H22N4O4/c1-11(2)7-20(8-14(18)22)16(24)10-21-9-15(23)19-13-6-4-3-5-12(13)17(21)25/h3-6,11H,7-10H2,1-2H3,(H2,18,22)(H,19,23). The van der Waals surface area contributed by atoms with Crippen LogP contribution >= 0.6 is 0 Å². The number of carbonyl (C=O) groups is 4. The normalized spacial score (nSPS) is 14.0. The number of hydrogen-bond acceptors (Lipinski definition) is 4. The number of nitrogens with two attached hydrogens (primary N) is 1. The molecule has 8 nitrogen and oxygen atoms in total. The number of rotatable bonds is 6. The zero-order valence-electron chi connectivity index (χ0n) is 14.3. The fourth-order valence-corrected chi connectivity index (χ4v) is 2.66. The van der Waals surface area contributed by atoms with Gasteiger partial charge in [-0.1, -0.05) is 26.0 Å². The average molecular weight is 346 g/mol. The van der Waals surface area contributed by atoms with Crippen LogP contribution in [-0.2, 0) is 14.4 Å². The maximum Gasteiger partial charge on any atom is 0.256 e. The van der Waals surface area contributed by atoms with Crippen LogP contribution in [0.3, 0.4) is 0 Å². The van der Waals surface area contributed by atoms with Crippen molar-refractivity contribution >= 4 is 29.3 Å². The highest BCUT2D eigenvalue weighted by molar-refractivity contribution is 6.09. The van der Waals surface area contributed by atoms with Crippen molar-refractivity contribution in [2.75, 3.05) is 31.5 Å². The summed E-state index contributed by atoms with van der Waals surface area (Å²) in [6.07, 6.45) is 0. The van der Waals surface area contributed by atoms with E-state index in [-0.39, 0.29) is 31.5 Å². The molecule has 1 heterocycles. The largest absolute Gasteiger partial charge is 0.368 e. The van der Waals surface area contributed by atoms with Crippen molar-refractivity contribution in [3.63, 3.8) is 0 Å². The zero-order chi connectivity index (χ0) is 18.6. The molecule has 0 aromatic heterocycles. The molecule has 2 rings (SSSR count). The Morgan fingerprint density at radius 3 is 2.60 bits per heavy atom. The van der Waals surface area contributed by atoms with E-state index >= 15 is 0 Å². The first-order valence-electron chi connectivity index (χ1n) is 8.02. The minimum Gasteiger partial charge on any atom is -0.368 e. The molecule has 1 aliphatic rings. The third kappa shape index (κ3) is 4.79. The highest BCUT2D eigenvalue weighted by Gasteiger charge is 2.29. The summed E-state index contributed by atoms with van der Waals surface area (Å²) in [5.41, 5.74) is 5.95. The molecule has 3 N–H and O–H groups in total. The maximum atomic E-state index is 12.7. The Morgan fingerprint density at radius 2 is 1.96 bits per heavy atom. The van der Waals surface area contributed by atoms with Crippen LogP contribution < -0.4 is 11.1 Å². The van der Waals surface area contributed by atoms with Gasteiger partial charge in [-0.2, -0.15) is 0 Å². The van der Waals surface area contributed by atoms with Crippen molar-refractivity contribution in [3.05, 3.63) is 29.8 Å². The Bertz CT molecular complexity index is 702. The number of nitrogens with one attached hydrogen (secondary N) is 1. The van der Waals surface area contributed by atoms with Gasteiger partial charge in [-0.3, -0.25) is 19.2 Å². The first-order chi connectivity index (χ1) is 11.8. The smallest absolute Gasteiger partial charge is 0.256 e. The molecule has 0 unspecified atom stereocenters. The Kier molecular flexibility index (Phi) is 5.74. The predicted octanol–water partition coefficient (Wildman–Crippen LogP) is 0.0508. The van der Waals surface area contributed by atoms with Gasteiger partial charge in [0, 0.05) is 6.54 Å². The molecular weight excluding hydrogens is 324 g/mol. The van der Waals surface area contributed by atoms with Gasteiger partial charge in [-0.05, 0) is 18.1 Å². The number of hydrogen-bond donors (Lipinski definition) is 2. The van der Waals surface area contributed by atoms with E-state index in [4.69, 9.17) is 5.73 Å². The first-order valence-corrected chi connectivity index (χ1v) is 8.02. The summed E-state index contributed by atoms with van der Waals surface area (Å²) in [4.78, 5) is 50.9. The van der Waals surface area contributed by atoms with Crippen molar-refractivity contribution in [2.24, 2.45) is 11.7 Å². The van der Waals surface area contributed by atoms with Gasteiger partial charge in [0.15, 0.2) is 0 Å². The molecule has 1 aromatic rings. The lowest BCUT2D eigenvalue weighted by Gasteiger charge is -2.27. The highest BCUT2D eigenvalue weighted by atomic mass is 16.2. The number of anilines is 1. The Balaban J connectivity index is 2.19. The molecule has 25 heavy (non-hydrogen) atoms. The topological polar surface area (TPSA) is 113 Å². The second-order valence-electron chi connectivity index (χ2n) is 6.39. The molecule has 0 radical (unpaired) electrons. The van der Waals surface area contributed by atoms with E-state index in [1.807, 2.05) is 13.8 Å². The van der Waals surface area contributed by atoms with Gasteiger partial charge in [0.25, 0.3) is 5.91 Å². The molecule has 0 saturated heterocycles. The molecular formula is C17H22N4O4. The molecule has 0 atom stereocenters. The van der Waals surface area contributed by atoms with E-state index in [9.17, 15) is 19.2 Å². The van der Waals surface area contributed by atoms with Crippen LogP contribution in [0.1, 0.15) is 24.2 Å². The second-order valence-corrected chi connectivity index (χ2v) is 6.39. The number of nitrogens with zero attached hydrogens (tertiary/aromatic N) is 2. The van der Waals surface area contributed by atoms with Gasteiger partial charge >= 0.3 is 0 Å². The molecule has 0 spiro atoms. The Hall–Kier alpha value is -2.90. The molecule has 0 fully saturated rings. The second kappa shape index (κ2) is 7.78. The van der Waals surface area contributed by atoms with Crippen molar-refractivity contribution in [1.82, 2.24) is 9.80 Å². The van der Waals surface area contributed by atoms with E-state index in [2.05, 4.69) is 5.32 Å². The van der Waals surface area contributed by atoms with Crippen LogP contribution in [0.2, 0.25) is 0 Å². The molecule has 134 valence electrons. The number of primary amides is 1. The summed E-state index contributed by atoms with van der Waals surface area (Å²) >= 11 is 0. The van der Waals surface area contributed by atoms with Crippen LogP contribution in [0, 0.1) is 5.92 Å². The molecule has 4 amide bonds. The summed E-state index contributed by atoms with van der Waals surface area (Å²) in [6.45, 7) is 3.41.